The quantitative estimate of drug-likeness (QED) is 0.515. The van der Waals surface area contributed by atoms with E-state index < -0.39 is 0 Å². The molecule has 1 aliphatic carbocycles. The first kappa shape index (κ1) is 17.1. The van der Waals surface area contributed by atoms with E-state index in [0.717, 1.165) is 21.9 Å². The SMILES string of the molecule is Clc1ccc(C(CC2C=CC=C2)OCc2ccsc2Cl)c(Cl)c1. The molecule has 5 heteroatoms. The third-order valence-electron chi connectivity index (χ3n) is 3.76. The van der Waals surface area contributed by atoms with Crippen LogP contribution in [0.1, 0.15) is 23.7 Å². The monoisotopic (exact) mass is 384 g/mol. The lowest BCUT2D eigenvalue weighted by molar-refractivity contribution is 0.0302. The number of thiophene rings is 1. The van der Waals surface area contributed by atoms with Gasteiger partial charge in [0.05, 0.1) is 17.0 Å². The van der Waals surface area contributed by atoms with Gasteiger partial charge in [0.1, 0.15) is 0 Å². The highest BCUT2D eigenvalue weighted by molar-refractivity contribution is 7.14. The van der Waals surface area contributed by atoms with E-state index in [0.29, 0.717) is 22.6 Å². The molecule has 1 aromatic heterocycles. The highest BCUT2D eigenvalue weighted by atomic mass is 35.5. The minimum absolute atomic E-state index is 0.117. The smallest absolute Gasteiger partial charge is 0.0983 e. The van der Waals surface area contributed by atoms with E-state index in [1.807, 2.05) is 23.6 Å². The molecule has 0 bridgehead atoms. The van der Waals surface area contributed by atoms with Crippen LogP contribution in [0.15, 0.2) is 53.9 Å². The van der Waals surface area contributed by atoms with Gasteiger partial charge in [0.25, 0.3) is 0 Å². The van der Waals surface area contributed by atoms with Gasteiger partial charge in [-0.2, -0.15) is 0 Å². The van der Waals surface area contributed by atoms with Crippen molar-refractivity contribution in [3.05, 3.63) is 79.5 Å². The maximum Gasteiger partial charge on any atom is 0.0983 e. The minimum Gasteiger partial charge on any atom is -0.369 e. The summed E-state index contributed by atoms with van der Waals surface area (Å²) in [6, 6.07) is 7.53. The molecule has 0 fully saturated rings. The summed E-state index contributed by atoms with van der Waals surface area (Å²) in [5, 5.41) is 3.22. The Morgan fingerprint density at radius 3 is 2.52 bits per heavy atom. The number of rotatable bonds is 6. The lowest BCUT2D eigenvalue weighted by Crippen LogP contribution is -2.09. The van der Waals surface area contributed by atoms with Crippen LogP contribution in [-0.2, 0) is 11.3 Å². The van der Waals surface area contributed by atoms with Gasteiger partial charge in [-0.25, -0.2) is 0 Å². The molecule has 120 valence electrons. The van der Waals surface area contributed by atoms with Crippen LogP contribution in [0.4, 0.5) is 0 Å². The van der Waals surface area contributed by atoms with Gasteiger partial charge in [0, 0.05) is 15.6 Å². The van der Waals surface area contributed by atoms with E-state index >= 15 is 0 Å². The second-order valence-corrected chi connectivity index (χ2v) is 7.72. The third-order valence-corrected chi connectivity index (χ3v) is 5.57. The second-order valence-electron chi connectivity index (χ2n) is 5.35. The topological polar surface area (TPSA) is 9.23 Å². The van der Waals surface area contributed by atoms with E-state index in [1.54, 1.807) is 6.07 Å². The van der Waals surface area contributed by atoms with Crippen molar-refractivity contribution >= 4 is 46.1 Å². The zero-order valence-electron chi connectivity index (χ0n) is 12.2. The van der Waals surface area contributed by atoms with E-state index in [9.17, 15) is 0 Å². The molecule has 0 saturated heterocycles. The number of ether oxygens (including phenoxy) is 1. The van der Waals surface area contributed by atoms with Crippen LogP contribution < -0.4 is 0 Å². The summed E-state index contributed by atoms with van der Waals surface area (Å²) in [6.45, 7) is 0.464. The first-order valence-corrected chi connectivity index (χ1v) is 9.28. The first-order chi connectivity index (χ1) is 11.1. The van der Waals surface area contributed by atoms with Crippen molar-refractivity contribution < 1.29 is 4.74 Å². The molecular weight excluding hydrogens is 371 g/mol. The van der Waals surface area contributed by atoms with Crippen LogP contribution in [-0.4, -0.2) is 0 Å². The standard InChI is InChI=1S/C18H15Cl3OS/c19-14-5-6-15(16(20)10-14)17(9-12-3-1-2-4-12)22-11-13-7-8-23-18(13)21/h1-8,10,12,17H,9,11H2. The molecule has 0 amide bonds. The van der Waals surface area contributed by atoms with E-state index in [-0.39, 0.29) is 6.10 Å². The zero-order chi connectivity index (χ0) is 16.2. The zero-order valence-corrected chi connectivity index (χ0v) is 15.3. The van der Waals surface area contributed by atoms with Crippen LogP contribution in [0.25, 0.3) is 0 Å². The average molecular weight is 386 g/mol. The molecule has 0 aliphatic heterocycles. The third kappa shape index (κ3) is 4.40. The van der Waals surface area contributed by atoms with Gasteiger partial charge in [0.15, 0.2) is 0 Å². The molecule has 0 N–H and O–H groups in total. The molecule has 23 heavy (non-hydrogen) atoms. The fraction of sp³-hybridized carbons (Fsp3) is 0.222. The van der Waals surface area contributed by atoms with Crippen LogP contribution in [0.5, 0.6) is 0 Å². The number of halogens is 3. The summed E-state index contributed by atoms with van der Waals surface area (Å²) in [7, 11) is 0. The Balaban J connectivity index is 1.79. The van der Waals surface area contributed by atoms with Crippen molar-refractivity contribution in [1.29, 1.82) is 0 Å². The molecule has 1 heterocycles. The Bertz CT molecular complexity index is 724. The van der Waals surface area contributed by atoms with Gasteiger partial charge >= 0.3 is 0 Å². The van der Waals surface area contributed by atoms with E-state index in [2.05, 4.69) is 24.3 Å². The fourth-order valence-corrected chi connectivity index (χ4v) is 3.97. The summed E-state index contributed by atoms with van der Waals surface area (Å²) >= 11 is 20.1. The highest BCUT2D eigenvalue weighted by Crippen LogP contribution is 2.35. The molecule has 0 spiro atoms. The molecule has 0 radical (unpaired) electrons. The van der Waals surface area contributed by atoms with Gasteiger partial charge in [0.2, 0.25) is 0 Å². The van der Waals surface area contributed by atoms with Gasteiger partial charge in [-0.05, 0) is 41.5 Å². The summed E-state index contributed by atoms with van der Waals surface area (Å²) < 4.78 is 6.93. The average Bonchev–Trinajstić information content (AvgIpc) is 3.16. The Hall–Kier alpha value is -0.770. The lowest BCUT2D eigenvalue weighted by atomic mass is 9.97. The first-order valence-electron chi connectivity index (χ1n) is 7.27. The summed E-state index contributed by atoms with van der Waals surface area (Å²) in [4.78, 5) is 0. The summed E-state index contributed by atoms with van der Waals surface area (Å²) in [5.41, 5.74) is 1.96. The van der Waals surface area contributed by atoms with Crippen molar-refractivity contribution in [3.63, 3.8) is 0 Å². The number of benzene rings is 1. The summed E-state index contributed by atoms with van der Waals surface area (Å²) in [6.07, 6.45) is 9.15. The largest absolute Gasteiger partial charge is 0.369 e. The Morgan fingerprint density at radius 1 is 1.09 bits per heavy atom. The molecule has 2 aromatic rings. The van der Waals surface area contributed by atoms with Crippen molar-refractivity contribution in [3.8, 4) is 0 Å². The van der Waals surface area contributed by atoms with Crippen LogP contribution >= 0.6 is 46.1 Å². The maximum atomic E-state index is 6.38. The predicted molar refractivity (Wildman–Crippen MR) is 99.7 cm³/mol. The Morgan fingerprint density at radius 2 is 1.87 bits per heavy atom. The van der Waals surface area contributed by atoms with Crippen molar-refractivity contribution in [2.75, 3.05) is 0 Å². The van der Waals surface area contributed by atoms with Gasteiger partial charge in [-0.3, -0.25) is 0 Å². The molecule has 3 rings (SSSR count). The molecular formula is C18H15Cl3OS. The predicted octanol–water partition coefficient (Wildman–Crippen LogP) is 7.10. The van der Waals surface area contributed by atoms with Gasteiger partial charge in [-0.15, -0.1) is 11.3 Å². The number of hydrogen-bond donors (Lipinski definition) is 0. The normalized spacial score (nSPS) is 15.4. The van der Waals surface area contributed by atoms with E-state index in [4.69, 9.17) is 39.5 Å². The number of hydrogen-bond acceptors (Lipinski definition) is 2. The van der Waals surface area contributed by atoms with Gasteiger partial charge < -0.3 is 4.74 Å². The second kappa shape index (κ2) is 7.87. The van der Waals surface area contributed by atoms with Crippen molar-refractivity contribution in [2.45, 2.75) is 19.1 Å². The highest BCUT2D eigenvalue weighted by Gasteiger charge is 2.20. The van der Waals surface area contributed by atoms with Gasteiger partial charge in [-0.1, -0.05) is 65.2 Å². The fourth-order valence-electron chi connectivity index (χ4n) is 2.54. The Kier molecular flexibility index (Phi) is 5.84. The Labute approximate surface area is 155 Å². The molecule has 1 nitrogen and oxygen atoms in total. The summed E-state index contributed by atoms with van der Waals surface area (Å²) in [5.74, 6) is 0.352. The van der Waals surface area contributed by atoms with Crippen LogP contribution in [0.3, 0.4) is 0 Å². The van der Waals surface area contributed by atoms with E-state index in [1.165, 1.54) is 11.3 Å². The van der Waals surface area contributed by atoms with Crippen LogP contribution in [0.2, 0.25) is 14.4 Å². The maximum absolute atomic E-state index is 6.38. The molecule has 1 unspecified atom stereocenters. The molecule has 1 atom stereocenters. The van der Waals surface area contributed by atoms with Crippen molar-refractivity contribution in [1.82, 2.24) is 0 Å². The van der Waals surface area contributed by atoms with Crippen LogP contribution in [0, 0.1) is 5.92 Å². The molecule has 1 aromatic carbocycles. The minimum atomic E-state index is -0.117. The number of allylic oxidation sites excluding steroid dienone is 4. The molecule has 1 aliphatic rings. The van der Waals surface area contributed by atoms with Crippen molar-refractivity contribution in [2.24, 2.45) is 5.92 Å². The lowest BCUT2D eigenvalue weighted by Gasteiger charge is -2.21. The molecule has 0 saturated carbocycles.